The molecular formula is C17H29FO. The van der Waals surface area contributed by atoms with Crippen LogP contribution in [0.15, 0.2) is 24.8 Å². The van der Waals surface area contributed by atoms with Crippen LogP contribution >= 0.6 is 0 Å². The summed E-state index contributed by atoms with van der Waals surface area (Å²) in [6, 6.07) is 0. The van der Waals surface area contributed by atoms with Crippen molar-refractivity contribution >= 4 is 0 Å². The van der Waals surface area contributed by atoms with Gasteiger partial charge < -0.3 is 0 Å². The third kappa shape index (κ3) is 5.90. The number of hydrogen-bond acceptors (Lipinski definition) is 1. The largest absolute Gasteiger partial charge is 0.191 e. The van der Waals surface area contributed by atoms with E-state index in [-0.39, 0.29) is 6.10 Å². The lowest BCUT2D eigenvalue weighted by Gasteiger charge is -2.34. The Labute approximate surface area is 117 Å². The van der Waals surface area contributed by atoms with E-state index in [0.29, 0.717) is 17.8 Å². The molecule has 0 radical (unpaired) electrons. The van der Waals surface area contributed by atoms with Crippen LogP contribution in [0.2, 0.25) is 0 Å². The molecule has 0 spiro atoms. The van der Waals surface area contributed by atoms with Crippen molar-refractivity contribution in [2.24, 2.45) is 17.8 Å². The molecule has 0 aromatic carbocycles. The first kappa shape index (κ1) is 16.4. The molecule has 0 saturated heterocycles. The average molecular weight is 268 g/mol. The predicted octanol–water partition coefficient (Wildman–Crippen LogP) is 5.63. The van der Waals surface area contributed by atoms with E-state index < -0.39 is 0 Å². The van der Waals surface area contributed by atoms with Crippen LogP contribution < -0.4 is 0 Å². The topological polar surface area (TPSA) is 9.23 Å². The minimum Gasteiger partial charge on any atom is -0.191 e. The van der Waals surface area contributed by atoms with Crippen LogP contribution in [0.5, 0.6) is 0 Å². The molecular weight excluding hydrogens is 239 g/mol. The maximum Gasteiger partial charge on any atom is 0.102 e. The fourth-order valence-electron chi connectivity index (χ4n) is 3.19. The molecule has 1 fully saturated rings. The van der Waals surface area contributed by atoms with Gasteiger partial charge in [0.05, 0.1) is 0 Å². The maximum absolute atomic E-state index is 12.9. The number of hydrogen-bond donors (Lipinski definition) is 0. The molecule has 110 valence electrons. The Morgan fingerprint density at radius 2 is 2.05 bits per heavy atom. The molecule has 19 heavy (non-hydrogen) atoms. The van der Waals surface area contributed by atoms with E-state index in [1.165, 1.54) is 19.3 Å². The van der Waals surface area contributed by atoms with Gasteiger partial charge in [0.15, 0.2) is 0 Å². The van der Waals surface area contributed by atoms with Gasteiger partial charge in [0.1, 0.15) is 6.10 Å². The van der Waals surface area contributed by atoms with Crippen LogP contribution in [0.3, 0.4) is 0 Å². The summed E-state index contributed by atoms with van der Waals surface area (Å²) < 4.78 is 12.9. The van der Waals surface area contributed by atoms with Gasteiger partial charge in [-0.1, -0.05) is 44.9 Å². The average Bonchev–Trinajstić information content (AvgIpc) is 2.40. The molecule has 0 heterocycles. The van der Waals surface area contributed by atoms with Gasteiger partial charge in [0, 0.05) is 0 Å². The zero-order valence-electron chi connectivity index (χ0n) is 12.5. The first-order valence-electron chi connectivity index (χ1n) is 7.74. The fourth-order valence-corrected chi connectivity index (χ4v) is 3.19. The van der Waals surface area contributed by atoms with Crippen LogP contribution in [-0.2, 0) is 4.94 Å². The third-order valence-corrected chi connectivity index (χ3v) is 4.17. The lowest BCUT2D eigenvalue weighted by atomic mass is 9.74. The molecule has 1 nitrogen and oxygen atoms in total. The minimum absolute atomic E-state index is 0.234. The minimum atomic E-state index is -0.234. The van der Waals surface area contributed by atoms with Crippen LogP contribution in [0.4, 0.5) is 4.53 Å². The molecule has 0 aliphatic heterocycles. The van der Waals surface area contributed by atoms with Gasteiger partial charge in [-0.3, -0.25) is 0 Å². The highest BCUT2D eigenvalue weighted by Crippen LogP contribution is 2.37. The summed E-state index contributed by atoms with van der Waals surface area (Å²) in [6.07, 6.45) is 13.5. The van der Waals surface area contributed by atoms with E-state index in [4.69, 9.17) is 0 Å². The molecule has 3 atom stereocenters. The van der Waals surface area contributed by atoms with Crippen LogP contribution in [0, 0.1) is 17.8 Å². The van der Waals surface area contributed by atoms with Gasteiger partial charge in [-0.2, -0.15) is 4.94 Å². The Bertz CT molecular complexity index is 272. The molecule has 1 saturated carbocycles. The summed E-state index contributed by atoms with van der Waals surface area (Å²) in [6.45, 7) is 8.13. The van der Waals surface area contributed by atoms with Crippen molar-refractivity contribution in [1.82, 2.24) is 0 Å². The Balaban J connectivity index is 2.48. The van der Waals surface area contributed by atoms with Crippen molar-refractivity contribution in [1.29, 1.82) is 0 Å². The van der Waals surface area contributed by atoms with E-state index in [9.17, 15) is 4.53 Å². The summed E-state index contributed by atoms with van der Waals surface area (Å²) >= 11 is 0. The van der Waals surface area contributed by atoms with Gasteiger partial charge >= 0.3 is 0 Å². The zero-order valence-corrected chi connectivity index (χ0v) is 12.5. The molecule has 1 rings (SSSR count). The summed E-state index contributed by atoms with van der Waals surface area (Å²) in [4.78, 5) is 4.31. The summed E-state index contributed by atoms with van der Waals surface area (Å²) in [5, 5.41) is 0. The monoisotopic (exact) mass is 268 g/mol. The smallest absolute Gasteiger partial charge is 0.102 e. The first-order valence-corrected chi connectivity index (χ1v) is 7.74. The van der Waals surface area contributed by atoms with Crippen molar-refractivity contribution in [2.75, 3.05) is 0 Å². The van der Waals surface area contributed by atoms with E-state index in [0.717, 1.165) is 25.7 Å². The molecule has 0 aromatic rings. The van der Waals surface area contributed by atoms with Gasteiger partial charge in [0.2, 0.25) is 0 Å². The molecule has 0 bridgehead atoms. The summed E-state index contributed by atoms with van der Waals surface area (Å²) in [7, 11) is 0. The van der Waals surface area contributed by atoms with Crippen LogP contribution in [0.1, 0.15) is 58.8 Å². The molecule has 0 amide bonds. The van der Waals surface area contributed by atoms with Crippen molar-refractivity contribution in [3.63, 3.8) is 0 Å². The van der Waals surface area contributed by atoms with Crippen molar-refractivity contribution in [3.8, 4) is 0 Å². The number of halogens is 1. The second kappa shape index (κ2) is 9.30. The highest BCUT2D eigenvalue weighted by atomic mass is 19.3. The van der Waals surface area contributed by atoms with Crippen molar-refractivity contribution < 1.29 is 9.47 Å². The van der Waals surface area contributed by atoms with Gasteiger partial charge in [-0.15, -0.1) is 6.58 Å². The Kier molecular flexibility index (Phi) is 8.04. The lowest BCUT2D eigenvalue weighted by molar-refractivity contribution is -0.206. The summed E-state index contributed by atoms with van der Waals surface area (Å²) in [5.74, 6) is 1.48. The Morgan fingerprint density at radius 1 is 1.32 bits per heavy atom. The molecule has 1 aliphatic rings. The number of allylic oxidation sites excluding steroid dienone is 3. The lowest BCUT2D eigenvalue weighted by Crippen LogP contribution is -2.31. The zero-order chi connectivity index (χ0) is 14.1. The van der Waals surface area contributed by atoms with Gasteiger partial charge in [0.25, 0.3) is 0 Å². The molecule has 3 unspecified atom stereocenters. The second-order valence-corrected chi connectivity index (χ2v) is 6.11. The number of rotatable bonds is 8. The molecule has 0 aromatic heterocycles. The van der Waals surface area contributed by atoms with E-state index in [1.807, 2.05) is 6.08 Å². The Morgan fingerprint density at radius 3 is 2.68 bits per heavy atom. The fraction of sp³-hybridized carbons (Fsp3) is 0.765. The third-order valence-electron chi connectivity index (χ3n) is 4.17. The second-order valence-electron chi connectivity index (χ2n) is 6.11. The van der Waals surface area contributed by atoms with Crippen molar-refractivity contribution in [2.45, 2.75) is 64.9 Å². The quantitative estimate of drug-likeness (QED) is 0.518. The van der Waals surface area contributed by atoms with Crippen LogP contribution in [0.25, 0.3) is 0 Å². The molecule has 2 heteroatoms. The SMILES string of the molecule is C=CCC1CCCCC1C(CC/C=C/C(C)C)OF. The van der Waals surface area contributed by atoms with Crippen LogP contribution in [-0.4, -0.2) is 6.10 Å². The van der Waals surface area contributed by atoms with Crippen molar-refractivity contribution in [3.05, 3.63) is 24.8 Å². The normalized spacial score (nSPS) is 25.9. The van der Waals surface area contributed by atoms with E-state index >= 15 is 0 Å². The van der Waals surface area contributed by atoms with Gasteiger partial charge in [-0.05, 0) is 54.4 Å². The standard InChI is InChI=1S/C17H29FO/c1-4-9-15-11-6-7-12-16(15)17(19-18)13-8-5-10-14(2)3/h4-5,10,14-17H,1,6-9,11-13H2,2-3H3/b10-5+. The molecule has 0 N–H and O–H groups in total. The van der Waals surface area contributed by atoms with Gasteiger partial charge in [-0.25, -0.2) is 0 Å². The highest BCUT2D eigenvalue weighted by molar-refractivity contribution is 4.89. The van der Waals surface area contributed by atoms with E-state index in [2.05, 4.69) is 37.5 Å². The highest BCUT2D eigenvalue weighted by Gasteiger charge is 2.31. The maximum atomic E-state index is 12.9. The first-order chi connectivity index (χ1) is 9.19. The Hall–Kier alpha value is -0.630. The van der Waals surface area contributed by atoms with E-state index in [1.54, 1.807) is 0 Å². The summed E-state index contributed by atoms with van der Waals surface area (Å²) in [5.41, 5.74) is 0. The molecule has 1 aliphatic carbocycles. The predicted molar refractivity (Wildman–Crippen MR) is 79.5 cm³/mol.